The molecule has 0 saturated carbocycles. The van der Waals surface area contributed by atoms with Crippen LogP contribution < -0.4 is 14.8 Å². The maximum atomic E-state index is 12.4. The summed E-state index contributed by atoms with van der Waals surface area (Å²) < 4.78 is 13.5. The van der Waals surface area contributed by atoms with Crippen LogP contribution >= 0.6 is 11.6 Å². The van der Waals surface area contributed by atoms with Crippen LogP contribution in [0.1, 0.15) is 29.0 Å². The number of fused-ring (bicyclic) bond motifs is 1. The van der Waals surface area contributed by atoms with Gasteiger partial charge in [-0.3, -0.25) is 4.79 Å². The maximum Gasteiger partial charge on any atom is 0.252 e. The lowest BCUT2D eigenvalue weighted by Gasteiger charge is -2.12. The zero-order valence-electron chi connectivity index (χ0n) is 19.2. The predicted octanol–water partition coefficient (Wildman–Crippen LogP) is 5.53. The van der Waals surface area contributed by atoms with Crippen LogP contribution in [-0.2, 0) is 13.0 Å². The Labute approximate surface area is 204 Å². The minimum atomic E-state index is -0.160. The Balaban J connectivity index is 1.34. The number of rotatable bonds is 11. The van der Waals surface area contributed by atoms with Crippen molar-refractivity contribution >= 4 is 28.5 Å². The predicted molar refractivity (Wildman–Crippen MR) is 135 cm³/mol. The number of aromatic nitrogens is 2. The minimum Gasteiger partial charge on any atom is -0.493 e. The van der Waals surface area contributed by atoms with Crippen molar-refractivity contribution in [3.05, 3.63) is 89.2 Å². The van der Waals surface area contributed by atoms with E-state index in [-0.39, 0.29) is 5.91 Å². The zero-order valence-corrected chi connectivity index (χ0v) is 19.9. The van der Waals surface area contributed by atoms with Crippen LogP contribution in [0.25, 0.3) is 11.0 Å². The van der Waals surface area contributed by atoms with Crippen LogP contribution in [0.2, 0.25) is 5.02 Å². The summed E-state index contributed by atoms with van der Waals surface area (Å²) in [6.45, 7) is 1.90. The van der Waals surface area contributed by atoms with Crippen molar-refractivity contribution in [1.82, 2.24) is 14.9 Å². The fourth-order valence-corrected chi connectivity index (χ4v) is 4.12. The summed E-state index contributed by atoms with van der Waals surface area (Å²) in [4.78, 5) is 17.2. The van der Waals surface area contributed by atoms with E-state index >= 15 is 0 Å². The number of carbonyl (C=O) groups excluding carboxylic acids is 1. The highest BCUT2D eigenvalue weighted by Gasteiger charge is 2.12. The van der Waals surface area contributed by atoms with E-state index < -0.39 is 0 Å². The third kappa shape index (κ3) is 5.69. The van der Waals surface area contributed by atoms with Gasteiger partial charge in [0.1, 0.15) is 5.82 Å². The van der Waals surface area contributed by atoms with Crippen molar-refractivity contribution in [3.8, 4) is 11.5 Å². The van der Waals surface area contributed by atoms with Gasteiger partial charge in [0, 0.05) is 19.5 Å². The Hall–Kier alpha value is -3.51. The number of hydrogen-bond donors (Lipinski definition) is 1. The molecule has 1 heterocycles. The van der Waals surface area contributed by atoms with Crippen LogP contribution in [0.5, 0.6) is 11.5 Å². The molecule has 0 aliphatic heterocycles. The molecule has 3 aromatic carbocycles. The molecule has 0 bridgehead atoms. The number of para-hydroxylation sites is 4. The molecule has 34 heavy (non-hydrogen) atoms. The van der Waals surface area contributed by atoms with Gasteiger partial charge in [-0.1, -0.05) is 48.0 Å². The molecule has 0 unspecified atom stereocenters. The largest absolute Gasteiger partial charge is 0.493 e. The van der Waals surface area contributed by atoms with E-state index in [1.165, 1.54) is 0 Å². The first kappa shape index (κ1) is 23.6. The van der Waals surface area contributed by atoms with Crippen molar-refractivity contribution < 1.29 is 14.3 Å². The lowest BCUT2D eigenvalue weighted by molar-refractivity contribution is 0.0953. The minimum absolute atomic E-state index is 0.160. The molecule has 0 aliphatic carbocycles. The fourth-order valence-electron chi connectivity index (χ4n) is 3.90. The number of amides is 1. The molecule has 1 amide bonds. The van der Waals surface area contributed by atoms with Gasteiger partial charge in [-0.05, 0) is 49.2 Å². The molecular formula is C27H28ClN3O3. The Morgan fingerprint density at radius 3 is 2.53 bits per heavy atom. The monoisotopic (exact) mass is 477 g/mol. The molecule has 0 saturated heterocycles. The van der Waals surface area contributed by atoms with Gasteiger partial charge in [-0.25, -0.2) is 4.98 Å². The number of aryl methyl sites for hydroxylation is 2. The molecule has 0 aliphatic rings. The first-order chi connectivity index (χ1) is 16.7. The van der Waals surface area contributed by atoms with Gasteiger partial charge in [-0.15, -0.1) is 0 Å². The zero-order chi connectivity index (χ0) is 23.8. The van der Waals surface area contributed by atoms with Gasteiger partial charge >= 0.3 is 0 Å². The number of methoxy groups -OCH3 is 1. The third-order valence-corrected chi connectivity index (χ3v) is 5.90. The smallest absolute Gasteiger partial charge is 0.252 e. The van der Waals surface area contributed by atoms with Crippen molar-refractivity contribution in [2.24, 2.45) is 0 Å². The summed E-state index contributed by atoms with van der Waals surface area (Å²) >= 11 is 6.12. The van der Waals surface area contributed by atoms with Crippen molar-refractivity contribution in [3.63, 3.8) is 0 Å². The highest BCUT2D eigenvalue weighted by molar-refractivity contribution is 6.33. The second-order valence-corrected chi connectivity index (χ2v) is 8.27. The van der Waals surface area contributed by atoms with Crippen LogP contribution in [0.4, 0.5) is 0 Å². The molecule has 0 atom stereocenters. The normalized spacial score (nSPS) is 10.9. The molecular weight excluding hydrogens is 450 g/mol. The summed E-state index contributed by atoms with van der Waals surface area (Å²) in [5, 5.41) is 3.41. The van der Waals surface area contributed by atoms with E-state index in [9.17, 15) is 4.79 Å². The lowest BCUT2D eigenvalue weighted by Crippen LogP contribution is -2.25. The third-order valence-electron chi connectivity index (χ3n) is 5.57. The van der Waals surface area contributed by atoms with Crippen molar-refractivity contribution in [2.75, 3.05) is 20.3 Å². The maximum absolute atomic E-state index is 12.4. The molecule has 0 radical (unpaired) electrons. The summed E-state index contributed by atoms with van der Waals surface area (Å²) in [7, 11) is 1.64. The lowest BCUT2D eigenvalue weighted by atomic mass is 10.2. The van der Waals surface area contributed by atoms with Gasteiger partial charge in [0.05, 0.1) is 35.3 Å². The SMILES string of the molecule is COc1ccccc1OCCCn1c(CCCNC(=O)c2ccccc2Cl)nc2ccccc21. The number of nitrogens with zero attached hydrogens (tertiary/aromatic N) is 2. The Morgan fingerprint density at radius 2 is 1.71 bits per heavy atom. The number of hydrogen-bond acceptors (Lipinski definition) is 4. The number of benzene rings is 3. The average molecular weight is 478 g/mol. The van der Waals surface area contributed by atoms with Crippen LogP contribution in [0, 0.1) is 0 Å². The Kier molecular flexibility index (Phi) is 8.04. The number of ether oxygens (including phenoxy) is 2. The van der Waals surface area contributed by atoms with E-state index in [1.54, 1.807) is 25.3 Å². The number of halogens is 1. The Bertz CT molecular complexity index is 1250. The summed E-state index contributed by atoms with van der Waals surface area (Å²) in [6.07, 6.45) is 2.36. The number of carbonyl (C=O) groups is 1. The molecule has 1 N–H and O–H groups in total. The quantitative estimate of drug-likeness (QED) is 0.288. The van der Waals surface area contributed by atoms with Crippen molar-refractivity contribution in [2.45, 2.75) is 25.8 Å². The average Bonchev–Trinajstić information content (AvgIpc) is 3.22. The molecule has 1 aromatic heterocycles. The first-order valence-corrected chi connectivity index (χ1v) is 11.8. The van der Waals surface area contributed by atoms with E-state index in [1.807, 2.05) is 48.5 Å². The van der Waals surface area contributed by atoms with Crippen LogP contribution in [0.3, 0.4) is 0 Å². The topological polar surface area (TPSA) is 65.4 Å². The molecule has 0 spiro atoms. The fraction of sp³-hybridized carbons (Fsp3) is 0.259. The van der Waals surface area contributed by atoms with Gasteiger partial charge in [0.2, 0.25) is 0 Å². The number of imidazole rings is 1. The van der Waals surface area contributed by atoms with E-state index in [0.717, 1.165) is 54.2 Å². The molecule has 4 rings (SSSR count). The number of nitrogens with one attached hydrogen (secondary N) is 1. The molecule has 4 aromatic rings. The molecule has 0 fully saturated rings. The van der Waals surface area contributed by atoms with Crippen LogP contribution in [-0.4, -0.2) is 35.7 Å². The first-order valence-electron chi connectivity index (χ1n) is 11.4. The van der Waals surface area contributed by atoms with Gasteiger partial charge in [0.25, 0.3) is 5.91 Å². The molecule has 7 heteroatoms. The molecule has 176 valence electrons. The van der Waals surface area contributed by atoms with Gasteiger partial charge in [-0.2, -0.15) is 0 Å². The standard InChI is InChI=1S/C27H28ClN3O3/c1-33-24-14-6-7-15-25(24)34-19-9-18-31-23-13-5-4-12-22(23)30-26(31)16-8-17-29-27(32)20-10-2-3-11-21(20)28/h2-7,10-15H,8-9,16-19H2,1H3,(H,29,32). The summed E-state index contributed by atoms with van der Waals surface area (Å²) in [5.74, 6) is 2.32. The van der Waals surface area contributed by atoms with E-state index in [2.05, 4.69) is 16.0 Å². The second kappa shape index (κ2) is 11.6. The van der Waals surface area contributed by atoms with Crippen molar-refractivity contribution in [1.29, 1.82) is 0 Å². The highest BCUT2D eigenvalue weighted by atomic mass is 35.5. The summed E-state index contributed by atoms with van der Waals surface area (Å²) in [5.41, 5.74) is 2.57. The molecule has 6 nitrogen and oxygen atoms in total. The van der Waals surface area contributed by atoms with Crippen LogP contribution in [0.15, 0.2) is 72.8 Å². The Morgan fingerprint density at radius 1 is 0.971 bits per heavy atom. The van der Waals surface area contributed by atoms with E-state index in [0.29, 0.717) is 23.7 Å². The second-order valence-electron chi connectivity index (χ2n) is 7.86. The summed E-state index contributed by atoms with van der Waals surface area (Å²) in [6, 6.07) is 22.9. The van der Waals surface area contributed by atoms with Gasteiger partial charge in [0.15, 0.2) is 11.5 Å². The van der Waals surface area contributed by atoms with E-state index in [4.69, 9.17) is 26.1 Å². The van der Waals surface area contributed by atoms with Gasteiger partial charge < -0.3 is 19.4 Å². The highest BCUT2D eigenvalue weighted by Crippen LogP contribution is 2.26.